The Morgan fingerprint density at radius 1 is 1.28 bits per heavy atom. The first-order chi connectivity index (χ1) is 14.0. The van der Waals surface area contributed by atoms with Crippen LogP contribution in [0.5, 0.6) is 11.5 Å². The van der Waals surface area contributed by atoms with E-state index < -0.39 is 17.1 Å². The van der Waals surface area contributed by atoms with Gasteiger partial charge in [-0.1, -0.05) is 6.07 Å². The summed E-state index contributed by atoms with van der Waals surface area (Å²) in [6.45, 7) is 0.250. The highest BCUT2D eigenvalue weighted by Gasteiger charge is 2.34. The number of imide groups is 1. The van der Waals surface area contributed by atoms with Gasteiger partial charge in [-0.3, -0.25) is 19.3 Å². The molecule has 0 unspecified atom stereocenters. The predicted molar refractivity (Wildman–Crippen MR) is 103 cm³/mol. The number of benzene rings is 1. The second-order valence-electron chi connectivity index (χ2n) is 6.15. The standard InChI is InChI=1S/C19H15N3O6S/c23-17(13-2-1-6-21(26)10-13)20-5-7-22-18(24)16(29-19(22)25)9-12-3-4-14-15(8-12)28-11-27-14/h1-4,6,8-10H,5,7,11H2,(H,20,23)/b16-9-. The highest BCUT2D eigenvalue weighted by atomic mass is 32.2. The molecule has 4 rings (SSSR count). The van der Waals surface area contributed by atoms with Crippen LogP contribution in [-0.4, -0.2) is 41.8 Å². The van der Waals surface area contributed by atoms with Crippen molar-refractivity contribution in [2.75, 3.05) is 19.9 Å². The second kappa shape index (κ2) is 7.84. The number of fused-ring (bicyclic) bond motifs is 1. The van der Waals surface area contributed by atoms with Gasteiger partial charge in [0.15, 0.2) is 23.9 Å². The Bertz CT molecular complexity index is 1040. The van der Waals surface area contributed by atoms with Gasteiger partial charge in [-0.15, -0.1) is 0 Å². The van der Waals surface area contributed by atoms with Crippen LogP contribution in [0.2, 0.25) is 0 Å². The zero-order valence-corrected chi connectivity index (χ0v) is 15.8. The van der Waals surface area contributed by atoms with Crippen LogP contribution in [0.4, 0.5) is 4.79 Å². The molecular weight excluding hydrogens is 398 g/mol. The van der Waals surface area contributed by atoms with Gasteiger partial charge >= 0.3 is 0 Å². The first kappa shape index (κ1) is 18.8. The summed E-state index contributed by atoms with van der Waals surface area (Å²) in [6, 6.07) is 8.20. The van der Waals surface area contributed by atoms with Crippen molar-refractivity contribution >= 4 is 34.9 Å². The van der Waals surface area contributed by atoms with Crippen molar-refractivity contribution in [1.29, 1.82) is 0 Å². The predicted octanol–water partition coefficient (Wildman–Crippen LogP) is 1.51. The van der Waals surface area contributed by atoms with Gasteiger partial charge < -0.3 is 20.0 Å². The fraction of sp³-hybridized carbons (Fsp3) is 0.158. The van der Waals surface area contributed by atoms with Crippen molar-refractivity contribution in [2.45, 2.75) is 0 Å². The fourth-order valence-corrected chi connectivity index (χ4v) is 3.68. The SMILES string of the molecule is O=C(NCCN1C(=O)S/C(=C\c2ccc3c(c2)OCO3)C1=O)c1ccc[n+]([O-])c1. The average molecular weight is 413 g/mol. The number of nitrogens with one attached hydrogen (secondary N) is 1. The van der Waals surface area contributed by atoms with Gasteiger partial charge in [0.1, 0.15) is 5.56 Å². The third kappa shape index (κ3) is 4.02. The Morgan fingerprint density at radius 2 is 2.10 bits per heavy atom. The lowest BCUT2D eigenvalue weighted by Crippen LogP contribution is -2.38. The Morgan fingerprint density at radius 3 is 2.93 bits per heavy atom. The van der Waals surface area contributed by atoms with Crippen LogP contribution in [0.1, 0.15) is 15.9 Å². The maximum atomic E-state index is 12.5. The van der Waals surface area contributed by atoms with E-state index in [1.807, 2.05) is 0 Å². The van der Waals surface area contributed by atoms with Crippen molar-refractivity contribution in [3.05, 3.63) is 64.0 Å². The van der Waals surface area contributed by atoms with E-state index in [0.29, 0.717) is 21.8 Å². The van der Waals surface area contributed by atoms with E-state index in [-0.39, 0.29) is 30.4 Å². The molecule has 2 aliphatic heterocycles. The zero-order chi connectivity index (χ0) is 20.4. The van der Waals surface area contributed by atoms with Crippen LogP contribution in [-0.2, 0) is 4.79 Å². The molecule has 0 spiro atoms. The van der Waals surface area contributed by atoms with Crippen molar-refractivity contribution in [1.82, 2.24) is 10.2 Å². The summed E-state index contributed by atoms with van der Waals surface area (Å²) in [6.07, 6.45) is 4.02. The molecule has 0 atom stereocenters. The van der Waals surface area contributed by atoms with Gasteiger partial charge in [-0.05, 0) is 41.6 Å². The van der Waals surface area contributed by atoms with Crippen LogP contribution in [0.3, 0.4) is 0 Å². The third-order valence-corrected chi connectivity index (χ3v) is 5.13. The van der Waals surface area contributed by atoms with E-state index >= 15 is 0 Å². The molecule has 3 amide bonds. The summed E-state index contributed by atoms with van der Waals surface area (Å²) in [5.74, 6) is 0.329. The number of hydrogen-bond donors (Lipinski definition) is 1. The van der Waals surface area contributed by atoms with E-state index in [0.717, 1.165) is 22.9 Å². The number of pyridine rings is 1. The Balaban J connectivity index is 1.37. The number of nitrogens with zero attached hydrogens (tertiary/aromatic N) is 2. The molecule has 1 aromatic carbocycles. The van der Waals surface area contributed by atoms with E-state index in [9.17, 15) is 19.6 Å². The number of carbonyl (C=O) groups is 3. The summed E-state index contributed by atoms with van der Waals surface area (Å²) in [4.78, 5) is 38.1. The minimum atomic E-state index is -0.460. The van der Waals surface area contributed by atoms with E-state index in [2.05, 4.69) is 5.32 Å². The number of hydrogen-bond acceptors (Lipinski definition) is 7. The Kier molecular flexibility index (Phi) is 5.09. The van der Waals surface area contributed by atoms with Gasteiger partial charge in [0.25, 0.3) is 17.1 Å². The van der Waals surface area contributed by atoms with Crippen LogP contribution in [0.25, 0.3) is 6.08 Å². The number of thioether (sulfide) groups is 1. The molecule has 148 valence electrons. The van der Waals surface area contributed by atoms with Crippen molar-refractivity contribution in [2.24, 2.45) is 0 Å². The molecule has 0 saturated carbocycles. The molecule has 29 heavy (non-hydrogen) atoms. The highest BCUT2D eigenvalue weighted by Crippen LogP contribution is 2.36. The van der Waals surface area contributed by atoms with Crippen LogP contribution in [0.15, 0.2) is 47.6 Å². The summed E-state index contributed by atoms with van der Waals surface area (Å²) in [5.41, 5.74) is 0.905. The van der Waals surface area contributed by atoms with E-state index in [1.54, 1.807) is 24.3 Å². The number of carbonyl (C=O) groups excluding carboxylic acids is 3. The minimum absolute atomic E-state index is 0.0269. The van der Waals surface area contributed by atoms with Crippen molar-refractivity contribution in [3.8, 4) is 11.5 Å². The number of amides is 3. The third-order valence-electron chi connectivity index (χ3n) is 4.23. The molecule has 1 saturated heterocycles. The number of ether oxygens (including phenoxy) is 2. The van der Waals surface area contributed by atoms with E-state index in [4.69, 9.17) is 9.47 Å². The molecule has 0 bridgehead atoms. The second-order valence-corrected chi connectivity index (χ2v) is 7.15. The maximum absolute atomic E-state index is 12.5. The summed E-state index contributed by atoms with van der Waals surface area (Å²) in [5, 5.41) is 13.4. The minimum Gasteiger partial charge on any atom is -0.619 e. The first-order valence-corrected chi connectivity index (χ1v) is 9.45. The molecule has 9 nitrogen and oxygen atoms in total. The van der Waals surface area contributed by atoms with Gasteiger partial charge in [0.05, 0.1) is 4.91 Å². The van der Waals surface area contributed by atoms with Gasteiger partial charge in [0, 0.05) is 19.2 Å². The fourth-order valence-electron chi connectivity index (χ4n) is 2.82. The van der Waals surface area contributed by atoms with Crippen LogP contribution >= 0.6 is 11.8 Å². The Labute approximate surface area is 169 Å². The van der Waals surface area contributed by atoms with Crippen LogP contribution in [0, 0.1) is 5.21 Å². The summed E-state index contributed by atoms with van der Waals surface area (Å²) >= 11 is 0.836. The lowest BCUT2D eigenvalue weighted by atomic mass is 10.2. The number of aromatic nitrogens is 1. The molecule has 0 aliphatic carbocycles. The molecule has 1 N–H and O–H groups in total. The molecule has 10 heteroatoms. The van der Waals surface area contributed by atoms with Crippen molar-refractivity contribution in [3.63, 3.8) is 0 Å². The van der Waals surface area contributed by atoms with Gasteiger partial charge in [0.2, 0.25) is 6.79 Å². The molecule has 0 radical (unpaired) electrons. The number of rotatable bonds is 5. The largest absolute Gasteiger partial charge is 0.619 e. The normalized spacial score (nSPS) is 16.6. The summed E-state index contributed by atoms with van der Waals surface area (Å²) < 4.78 is 11.1. The van der Waals surface area contributed by atoms with Gasteiger partial charge in [-0.2, -0.15) is 4.73 Å². The molecule has 2 aliphatic rings. The molecule has 2 aromatic rings. The van der Waals surface area contributed by atoms with Gasteiger partial charge in [-0.25, -0.2) is 0 Å². The summed E-state index contributed by atoms with van der Waals surface area (Å²) in [7, 11) is 0. The smallest absolute Gasteiger partial charge is 0.293 e. The first-order valence-electron chi connectivity index (χ1n) is 8.63. The lowest BCUT2D eigenvalue weighted by Gasteiger charge is -2.12. The zero-order valence-electron chi connectivity index (χ0n) is 15.0. The maximum Gasteiger partial charge on any atom is 0.293 e. The molecule has 3 heterocycles. The molecular formula is C19H15N3O6S. The molecule has 1 aromatic heterocycles. The quantitative estimate of drug-likeness (QED) is 0.449. The lowest BCUT2D eigenvalue weighted by molar-refractivity contribution is -0.605. The van der Waals surface area contributed by atoms with E-state index in [1.165, 1.54) is 18.3 Å². The average Bonchev–Trinajstić information content (AvgIpc) is 3.27. The topological polar surface area (TPSA) is 112 Å². The molecule has 1 fully saturated rings. The van der Waals surface area contributed by atoms with Crippen molar-refractivity contribution < 1.29 is 28.6 Å². The monoisotopic (exact) mass is 413 g/mol. The Hall–Kier alpha value is -3.53. The van der Waals surface area contributed by atoms with Crippen LogP contribution < -0.4 is 19.5 Å². The highest BCUT2D eigenvalue weighted by molar-refractivity contribution is 8.18.